The monoisotopic (exact) mass is 153 g/mol. The summed E-state index contributed by atoms with van der Waals surface area (Å²) in [6.07, 6.45) is 6.57. The maximum atomic E-state index is 5.54. The molecule has 0 amide bonds. The lowest BCUT2D eigenvalue weighted by molar-refractivity contribution is 0.902. The molecule has 0 saturated carbocycles. The van der Waals surface area contributed by atoms with E-state index in [4.69, 9.17) is 5.73 Å². The zero-order chi connectivity index (χ0) is 8.69. The maximum absolute atomic E-state index is 5.54. The quantitative estimate of drug-likeness (QED) is 0.617. The predicted molar refractivity (Wildman–Crippen MR) is 51.5 cm³/mol. The minimum Gasteiger partial charge on any atom is -0.327 e. The van der Waals surface area contributed by atoms with Crippen molar-refractivity contribution in [3.63, 3.8) is 0 Å². The molecule has 0 spiro atoms. The molecule has 0 unspecified atom stereocenters. The zero-order valence-electron chi connectivity index (χ0n) is 7.85. The molecule has 0 aromatic rings. The lowest BCUT2D eigenvalue weighted by Crippen LogP contribution is -2.02. The highest BCUT2D eigenvalue weighted by Crippen LogP contribution is 2.11. The molecule has 11 heavy (non-hydrogen) atoms. The van der Waals surface area contributed by atoms with Gasteiger partial charge in [0.15, 0.2) is 0 Å². The number of nitrogens with two attached hydrogens (primary N) is 1. The van der Waals surface area contributed by atoms with Crippen LogP contribution in [0.1, 0.15) is 33.6 Å². The van der Waals surface area contributed by atoms with Crippen LogP contribution in [-0.2, 0) is 0 Å². The first-order valence-electron chi connectivity index (χ1n) is 4.27. The van der Waals surface area contributed by atoms with Gasteiger partial charge in [0.1, 0.15) is 0 Å². The molecule has 1 heteroatoms. The molecule has 0 fully saturated rings. The van der Waals surface area contributed by atoms with Crippen LogP contribution in [0.4, 0.5) is 0 Å². The number of hydrogen-bond donors (Lipinski definition) is 1. The van der Waals surface area contributed by atoms with E-state index in [1.807, 2.05) is 6.92 Å². The molecule has 64 valence electrons. The van der Waals surface area contributed by atoms with Gasteiger partial charge in [-0.2, -0.15) is 0 Å². The van der Waals surface area contributed by atoms with Crippen LogP contribution >= 0.6 is 0 Å². The van der Waals surface area contributed by atoms with E-state index in [-0.39, 0.29) is 0 Å². The van der Waals surface area contributed by atoms with Crippen LogP contribution in [0.5, 0.6) is 0 Å². The van der Waals surface area contributed by atoms with Gasteiger partial charge in [-0.3, -0.25) is 0 Å². The molecule has 0 aliphatic rings. The third kappa shape index (κ3) is 3.99. The molecule has 1 nitrogen and oxygen atoms in total. The Kier molecular flexibility index (Phi) is 5.86. The highest BCUT2D eigenvalue weighted by molar-refractivity contribution is 5.24. The van der Waals surface area contributed by atoms with Gasteiger partial charge in [0.2, 0.25) is 0 Å². The highest BCUT2D eigenvalue weighted by Gasteiger charge is 1.94. The molecule has 0 aromatic carbocycles. The molecular weight excluding hydrogens is 134 g/mol. The van der Waals surface area contributed by atoms with E-state index in [0.717, 1.165) is 6.42 Å². The van der Waals surface area contributed by atoms with E-state index in [0.29, 0.717) is 6.54 Å². The standard InChI is InChI=1S/C10H19N/c1-4-6-10(7-5-2)9(3)8-11/h4,6H,5,7-8,11H2,1-3H3. The Hall–Kier alpha value is -0.560. The average molecular weight is 153 g/mol. The van der Waals surface area contributed by atoms with Crippen molar-refractivity contribution < 1.29 is 0 Å². The van der Waals surface area contributed by atoms with Crippen molar-refractivity contribution in [2.24, 2.45) is 5.73 Å². The zero-order valence-corrected chi connectivity index (χ0v) is 7.85. The van der Waals surface area contributed by atoms with Crippen LogP contribution in [0.3, 0.4) is 0 Å². The van der Waals surface area contributed by atoms with Crippen LogP contribution in [0.15, 0.2) is 23.3 Å². The van der Waals surface area contributed by atoms with Crippen molar-refractivity contribution in [1.82, 2.24) is 0 Å². The summed E-state index contributed by atoms with van der Waals surface area (Å²) >= 11 is 0. The molecule has 0 heterocycles. The molecule has 0 aliphatic heterocycles. The Bertz CT molecular complexity index is 154. The van der Waals surface area contributed by atoms with E-state index in [9.17, 15) is 0 Å². The lowest BCUT2D eigenvalue weighted by Gasteiger charge is -2.04. The van der Waals surface area contributed by atoms with Gasteiger partial charge < -0.3 is 5.73 Å². The van der Waals surface area contributed by atoms with Crippen molar-refractivity contribution in [2.75, 3.05) is 6.54 Å². The van der Waals surface area contributed by atoms with Gasteiger partial charge in [-0.25, -0.2) is 0 Å². The largest absolute Gasteiger partial charge is 0.327 e. The van der Waals surface area contributed by atoms with Gasteiger partial charge in [-0.05, 0) is 25.8 Å². The second-order valence-electron chi connectivity index (χ2n) is 2.76. The first-order chi connectivity index (χ1) is 5.26. The van der Waals surface area contributed by atoms with E-state index in [1.54, 1.807) is 0 Å². The Morgan fingerprint density at radius 1 is 1.45 bits per heavy atom. The van der Waals surface area contributed by atoms with Crippen molar-refractivity contribution in [3.05, 3.63) is 23.3 Å². The Morgan fingerprint density at radius 3 is 2.45 bits per heavy atom. The van der Waals surface area contributed by atoms with Crippen molar-refractivity contribution >= 4 is 0 Å². The van der Waals surface area contributed by atoms with E-state index < -0.39 is 0 Å². The van der Waals surface area contributed by atoms with Crippen LogP contribution in [-0.4, -0.2) is 6.54 Å². The predicted octanol–water partition coefficient (Wildman–Crippen LogP) is 2.64. The van der Waals surface area contributed by atoms with E-state index in [1.165, 1.54) is 17.6 Å². The molecule has 2 N–H and O–H groups in total. The molecular formula is C10H19N. The SMILES string of the molecule is CC=CC(CCC)=C(C)CN. The van der Waals surface area contributed by atoms with Crippen molar-refractivity contribution in [1.29, 1.82) is 0 Å². The Labute approximate surface area is 70.0 Å². The van der Waals surface area contributed by atoms with Crippen LogP contribution < -0.4 is 5.73 Å². The van der Waals surface area contributed by atoms with Crippen LogP contribution in [0.25, 0.3) is 0 Å². The number of allylic oxidation sites excluding steroid dienone is 3. The normalized spacial score (nSPS) is 13.8. The molecule has 0 saturated heterocycles. The van der Waals surface area contributed by atoms with E-state index >= 15 is 0 Å². The van der Waals surface area contributed by atoms with E-state index in [2.05, 4.69) is 26.0 Å². The van der Waals surface area contributed by atoms with Crippen molar-refractivity contribution in [2.45, 2.75) is 33.6 Å². The summed E-state index contributed by atoms with van der Waals surface area (Å²) in [5, 5.41) is 0. The molecule has 0 bridgehead atoms. The molecule has 0 rings (SSSR count). The minimum atomic E-state index is 0.680. The fraction of sp³-hybridized carbons (Fsp3) is 0.600. The smallest absolute Gasteiger partial charge is 0.0139 e. The summed E-state index contributed by atoms with van der Waals surface area (Å²) in [6.45, 7) is 7.01. The lowest BCUT2D eigenvalue weighted by atomic mass is 10.0. The summed E-state index contributed by atoms with van der Waals surface area (Å²) < 4.78 is 0. The average Bonchev–Trinajstić information content (AvgIpc) is 2.03. The molecule has 0 atom stereocenters. The maximum Gasteiger partial charge on any atom is 0.0139 e. The fourth-order valence-electron chi connectivity index (χ4n) is 1.04. The second kappa shape index (κ2) is 6.17. The first kappa shape index (κ1) is 10.4. The third-order valence-electron chi connectivity index (χ3n) is 1.74. The van der Waals surface area contributed by atoms with Crippen LogP contribution in [0, 0.1) is 0 Å². The van der Waals surface area contributed by atoms with Crippen LogP contribution in [0.2, 0.25) is 0 Å². The Balaban J connectivity index is 4.30. The first-order valence-corrected chi connectivity index (χ1v) is 4.27. The van der Waals surface area contributed by atoms with Gasteiger partial charge >= 0.3 is 0 Å². The molecule has 0 aliphatic carbocycles. The summed E-state index contributed by atoms with van der Waals surface area (Å²) in [5.74, 6) is 0. The summed E-state index contributed by atoms with van der Waals surface area (Å²) in [6, 6.07) is 0. The van der Waals surface area contributed by atoms with Gasteiger partial charge in [0, 0.05) is 6.54 Å². The number of hydrogen-bond acceptors (Lipinski definition) is 1. The van der Waals surface area contributed by atoms with Gasteiger partial charge in [-0.1, -0.05) is 31.1 Å². The van der Waals surface area contributed by atoms with Crippen molar-refractivity contribution in [3.8, 4) is 0 Å². The topological polar surface area (TPSA) is 26.0 Å². The van der Waals surface area contributed by atoms with Gasteiger partial charge in [-0.15, -0.1) is 0 Å². The highest BCUT2D eigenvalue weighted by atomic mass is 14.5. The third-order valence-corrected chi connectivity index (χ3v) is 1.74. The summed E-state index contributed by atoms with van der Waals surface area (Å²) in [5.41, 5.74) is 8.25. The summed E-state index contributed by atoms with van der Waals surface area (Å²) in [7, 11) is 0. The summed E-state index contributed by atoms with van der Waals surface area (Å²) in [4.78, 5) is 0. The second-order valence-corrected chi connectivity index (χ2v) is 2.76. The minimum absolute atomic E-state index is 0.680. The number of rotatable bonds is 4. The molecule has 0 radical (unpaired) electrons. The van der Waals surface area contributed by atoms with Gasteiger partial charge in [0.05, 0.1) is 0 Å². The molecule has 0 aromatic heterocycles. The Morgan fingerprint density at radius 2 is 2.09 bits per heavy atom. The van der Waals surface area contributed by atoms with Gasteiger partial charge in [0.25, 0.3) is 0 Å². The fourth-order valence-corrected chi connectivity index (χ4v) is 1.04.